The first-order chi connectivity index (χ1) is 12.1. The van der Waals surface area contributed by atoms with E-state index in [0.29, 0.717) is 17.2 Å². The Kier molecular flexibility index (Phi) is 4.48. The highest BCUT2D eigenvalue weighted by molar-refractivity contribution is 6.11. The first-order valence-electron chi connectivity index (χ1n) is 7.65. The van der Waals surface area contributed by atoms with E-state index < -0.39 is 5.97 Å². The molecule has 0 bridgehead atoms. The Morgan fingerprint density at radius 3 is 2.24 bits per heavy atom. The van der Waals surface area contributed by atoms with Crippen molar-refractivity contribution in [3.05, 3.63) is 48.0 Å². The average molecular weight is 338 g/mol. The van der Waals surface area contributed by atoms with Crippen molar-refractivity contribution in [2.75, 3.05) is 21.3 Å². The van der Waals surface area contributed by atoms with Crippen molar-refractivity contribution < 1.29 is 24.1 Å². The van der Waals surface area contributed by atoms with Crippen molar-refractivity contribution in [2.45, 2.75) is 0 Å². The monoisotopic (exact) mass is 338 g/mol. The Hall–Kier alpha value is -3.21. The lowest BCUT2D eigenvalue weighted by molar-refractivity contribution is -0.131. The molecular weight excluding hydrogens is 320 g/mol. The first kappa shape index (κ1) is 16.6. The molecule has 0 amide bonds. The molecule has 0 saturated heterocycles. The molecule has 3 rings (SSSR count). The quantitative estimate of drug-likeness (QED) is 0.560. The van der Waals surface area contributed by atoms with Crippen molar-refractivity contribution in [2.24, 2.45) is 0 Å². The summed E-state index contributed by atoms with van der Waals surface area (Å²) in [6.45, 7) is 0. The van der Waals surface area contributed by atoms with Gasteiger partial charge >= 0.3 is 5.97 Å². The summed E-state index contributed by atoms with van der Waals surface area (Å²) >= 11 is 0. The van der Waals surface area contributed by atoms with Gasteiger partial charge in [0.2, 0.25) is 0 Å². The number of ether oxygens (including phenoxy) is 3. The first-order valence-corrected chi connectivity index (χ1v) is 7.65. The largest absolute Gasteiger partial charge is 0.497 e. The zero-order chi connectivity index (χ0) is 18.0. The molecule has 1 N–H and O–H groups in total. The highest BCUT2D eigenvalue weighted by Gasteiger charge is 2.11. The van der Waals surface area contributed by atoms with Crippen LogP contribution >= 0.6 is 0 Å². The lowest BCUT2D eigenvalue weighted by Gasteiger charge is -2.13. The number of hydrogen-bond donors (Lipinski definition) is 1. The molecule has 0 spiro atoms. The summed E-state index contributed by atoms with van der Waals surface area (Å²) in [5, 5.41) is 12.8. The molecule has 0 aliphatic heterocycles. The van der Waals surface area contributed by atoms with Crippen LogP contribution in [0.4, 0.5) is 0 Å². The van der Waals surface area contributed by atoms with Crippen molar-refractivity contribution in [3.63, 3.8) is 0 Å². The third kappa shape index (κ3) is 3.08. The zero-order valence-corrected chi connectivity index (χ0v) is 14.2. The van der Waals surface area contributed by atoms with Gasteiger partial charge < -0.3 is 19.3 Å². The molecule has 0 fully saturated rings. The molecule has 25 heavy (non-hydrogen) atoms. The summed E-state index contributed by atoms with van der Waals surface area (Å²) in [5.74, 6) is 0.944. The van der Waals surface area contributed by atoms with Crippen LogP contribution in [-0.2, 0) is 4.79 Å². The molecule has 0 atom stereocenters. The van der Waals surface area contributed by atoms with E-state index in [4.69, 9.17) is 19.3 Å². The minimum atomic E-state index is -0.997. The van der Waals surface area contributed by atoms with E-state index in [1.807, 2.05) is 36.4 Å². The van der Waals surface area contributed by atoms with Crippen LogP contribution in [-0.4, -0.2) is 32.4 Å². The van der Waals surface area contributed by atoms with E-state index in [9.17, 15) is 4.79 Å². The van der Waals surface area contributed by atoms with Gasteiger partial charge in [-0.15, -0.1) is 0 Å². The van der Waals surface area contributed by atoms with Gasteiger partial charge in [-0.1, -0.05) is 12.1 Å². The van der Waals surface area contributed by atoms with Crippen LogP contribution in [0.2, 0.25) is 0 Å². The Morgan fingerprint density at radius 2 is 1.60 bits per heavy atom. The number of aliphatic carboxylic acids is 1. The van der Waals surface area contributed by atoms with E-state index in [-0.39, 0.29) is 0 Å². The molecule has 5 heteroatoms. The Balaban J connectivity index is 2.37. The van der Waals surface area contributed by atoms with Crippen LogP contribution in [0.15, 0.2) is 42.5 Å². The maximum absolute atomic E-state index is 10.9. The number of carbonyl (C=O) groups is 1. The molecule has 0 saturated carbocycles. The molecule has 0 heterocycles. The van der Waals surface area contributed by atoms with Crippen LogP contribution in [0.25, 0.3) is 27.6 Å². The Labute approximate surface area is 145 Å². The van der Waals surface area contributed by atoms with Gasteiger partial charge in [-0.25, -0.2) is 4.79 Å². The zero-order valence-electron chi connectivity index (χ0n) is 14.2. The number of methoxy groups -OCH3 is 3. The van der Waals surface area contributed by atoms with Crippen LogP contribution in [0.1, 0.15) is 5.56 Å². The van der Waals surface area contributed by atoms with E-state index >= 15 is 0 Å². The van der Waals surface area contributed by atoms with Crippen molar-refractivity contribution in [1.82, 2.24) is 0 Å². The van der Waals surface area contributed by atoms with Crippen molar-refractivity contribution in [3.8, 4) is 17.2 Å². The van der Waals surface area contributed by atoms with E-state index in [1.165, 1.54) is 0 Å². The van der Waals surface area contributed by atoms with Crippen LogP contribution < -0.4 is 14.2 Å². The lowest BCUT2D eigenvalue weighted by atomic mass is 9.97. The molecule has 3 aromatic carbocycles. The Bertz CT molecular complexity index is 988. The van der Waals surface area contributed by atoms with Crippen molar-refractivity contribution >= 4 is 33.6 Å². The molecule has 0 aliphatic carbocycles. The summed E-state index contributed by atoms with van der Waals surface area (Å²) < 4.78 is 16.2. The SMILES string of the molecule is COc1cc(/C=C/C(=O)O)c2ccc3cc(OC)c(OC)cc3c2c1. The molecular formula is C20H18O5. The molecule has 128 valence electrons. The highest BCUT2D eigenvalue weighted by atomic mass is 16.5. The maximum Gasteiger partial charge on any atom is 0.328 e. The highest BCUT2D eigenvalue weighted by Crippen LogP contribution is 2.38. The van der Waals surface area contributed by atoms with Crippen LogP contribution in [0.3, 0.4) is 0 Å². The summed E-state index contributed by atoms with van der Waals surface area (Å²) in [4.78, 5) is 10.9. The van der Waals surface area contributed by atoms with Gasteiger partial charge in [-0.2, -0.15) is 0 Å². The minimum absolute atomic E-state index is 0.632. The molecule has 0 aromatic heterocycles. The van der Waals surface area contributed by atoms with Crippen molar-refractivity contribution in [1.29, 1.82) is 0 Å². The molecule has 5 nitrogen and oxygen atoms in total. The van der Waals surface area contributed by atoms with Crippen LogP contribution in [0, 0.1) is 0 Å². The smallest absolute Gasteiger partial charge is 0.328 e. The second-order valence-corrected chi connectivity index (χ2v) is 5.48. The number of carboxylic acids is 1. The fourth-order valence-electron chi connectivity index (χ4n) is 2.91. The third-order valence-electron chi connectivity index (χ3n) is 4.10. The van der Waals surface area contributed by atoms with E-state index in [1.54, 1.807) is 27.4 Å². The predicted octanol–water partition coefficient (Wildman–Crippen LogP) is 4.12. The van der Waals surface area contributed by atoms with E-state index in [0.717, 1.165) is 33.2 Å². The van der Waals surface area contributed by atoms with Gasteiger partial charge in [-0.05, 0) is 57.4 Å². The second kappa shape index (κ2) is 6.73. The van der Waals surface area contributed by atoms with Crippen LogP contribution in [0.5, 0.6) is 17.2 Å². The Morgan fingerprint density at radius 1 is 0.880 bits per heavy atom. The maximum atomic E-state index is 10.9. The molecule has 0 aliphatic rings. The number of carboxylic acid groups (broad SMARTS) is 1. The summed E-state index contributed by atoms with van der Waals surface area (Å²) in [6.07, 6.45) is 2.69. The molecule has 3 aromatic rings. The van der Waals surface area contributed by atoms with Gasteiger partial charge in [0, 0.05) is 6.08 Å². The van der Waals surface area contributed by atoms with Gasteiger partial charge in [0.25, 0.3) is 0 Å². The minimum Gasteiger partial charge on any atom is -0.497 e. The number of benzene rings is 3. The average Bonchev–Trinajstić information content (AvgIpc) is 2.64. The van der Waals surface area contributed by atoms with Gasteiger partial charge in [0.1, 0.15) is 5.75 Å². The fourth-order valence-corrected chi connectivity index (χ4v) is 2.91. The van der Waals surface area contributed by atoms with E-state index in [2.05, 4.69) is 0 Å². The lowest BCUT2D eigenvalue weighted by Crippen LogP contribution is -1.92. The second-order valence-electron chi connectivity index (χ2n) is 5.48. The van der Waals surface area contributed by atoms with Gasteiger partial charge in [0.15, 0.2) is 11.5 Å². The topological polar surface area (TPSA) is 65.0 Å². The van der Waals surface area contributed by atoms with Gasteiger partial charge in [0.05, 0.1) is 21.3 Å². The number of rotatable bonds is 5. The predicted molar refractivity (Wildman–Crippen MR) is 97.8 cm³/mol. The molecule has 0 radical (unpaired) electrons. The molecule has 0 unspecified atom stereocenters. The third-order valence-corrected chi connectivity index (χ3v) is 4.10. The summed E-state index contributed by atoms with van der Waals surface area (Å²) in [5.41, 5.74) is 0.772. The number of fused-ring (bicyclic) bond motifs is 3. The summed E-state index contributed by atoms with van der Waals surface area (Å²) in [6, 6.07) is 11.5. The van der Waals surface area contributed by atoms with Gasteiger partial charge in [-0.3, -0.25) is 0 Å². The standard InChI is InChI=1S/C20H18O5/c1-23-14-8-12(5-7-20(21)22)15-6-4-13-9-18(24-2)19(25-3)11-16(13)17(15)10-14/h4-11H,1-3H3,(H,21,22)/b7-5+. The normalized spacial score (nSPS) is 11.2. The number of hydrogen-bond acceptors (Lipinski definition) is 4. The fraction of sp³-hybridized carbons (Fsp3) is 0.150. The summed E-state index contributed by atoms with van der Waals surface area (Å²) in [7, 11) is 4.78.